The third kappa shape index (κ3) is 5.41. The molecule has 1 amide bonds. The number of amides is 1. The van der Waals surface area contributed by atoms with Crippen molar-refractivity contribution in [2.75, 3.05) is 6.61 Å². The standard InChI is InChI=1S/C20H22ClFN2O5S/c1-20(2)11-10-14-8-9-16(12-17(14)29-20)28-13-18(21)24(22)30(26,27)23-19(25)15-6-4-3-5-7-15/h3-9,12,18H,10-11,13H2,1-2H3,(H,23,25). The van der Waals surface area contributed by atoms with E-state index in [0.717, 1.165) is 18.4 Å². The molecule has 1 N–H and O–H groups in total. The van der Waals surface area contributed by atoms with Gasteiger partial charge in [0.1, 0.15) is 23.7 Å². The molecule has 0 radical (unpaired) electrons. The number of hydrogen-bond acceptors (Lipinski definition) is 5. The fourth-order valence-corrected chi connectivity index (χ4v) is 4.07. The van der Waals surface area contributed by atoms with Gasteiger partial charge in [0.2, 0.25) is 0 Å². The summed E-state index contributed by atoms with van der Waals surface area (Å²) in [7, 11) is -4.81. The van der Waals surface area contributed by atoms with Gasteiger partial charge in [-0.05, 0) is 50.5 Å². The lowest BCUT2D eigenvalue weighted by Gasteiger charge is -2.32. The molecule has 162 valence electrons. The van der Waals surface area contributed by atoms with Crippen LogP contribution in [-0.4, -0.2) is 36.6 Å². The second kappa shape index (κ2) is 8.79. The van der Waals surface area contributed by atoms with Crippen molar-refractivity contribution in [2.24, 2.45) is 0 Å². The lowest BCUT2D eigenvalue weighted by Crippen LogP contribution is -2.44. The van der Waals surface area contributed by atoms with Gasteiger partial charge in [-0.3, -0.25) is 4.79 Å². The number of nitrogens with zero attached hydrogens (tertiary/aromatic N) is 1. The van der Waals surface area contributed by atoms with Gasteiger partial charge in [0, 0.05) is 16.2 Å². The fraction of sp³-hybridized carbons (Fsp3) is 0.350. The number of carbonyl (C=O) groups is 1. The number of carbonyl (C=O) groups excluding carboxylic acids is 1. The number of alkyl halides is 1. The summed E-state index contributed by atoms with van der Waals surface area (Å²) >= 11 is 5.85. The molecule has 1 unspecified atom stereocenters. The van der Waals surface area contributed by atoms with E-state index in [1.807, 2.05) is 19.9 Å². The third-order valence-electron chi connectivity index (χ3n) is 4.52. The Bertz CT molecular complexity index is 1020. The quantitative estimate of drug-likeness (QED) is 0.391. The summed E-state index contributed by atoms with van der Waals surface area (Å²) in [5, 5.41) is 0. The van der Waals surface area contributed by atoms with Crippen molar-refractivity contribution in [1.82, 2.24) is 9.25 Å². The highest BCUT2D eigenvalue weighted by Gasteiger charge is 2.32. The van der Waals surface area contributed by atoms with E-state index in [0.29, 0.717) is 11.5 Å². The maximum atomic E-state index is 14.3. The maximum Gasteiger partial charge on any atom is 0.332 e. The minimum Gasteiger partial charge on any atom is -0.490 e. The molecule has 30 heavy (non-hydrogen) atoms. The summed E-state index contributed by atoms with van der Waals surface area (Å²) in [5.74, 6) is 0.0448. The number of halogens is 2. The Kier molecular flexibility index (Phi) is 6.54. The normalized spacial score (nSPS) is 16.3. The lowest BCUT2D eigenvalue weighted by molar-refractivity contribution is 0.0813. The molecule has 7 nitrogen and oxygen atoms in total. The van der Waals surface area contributed by atoms with E-state index < -0.39 is 32.8 Å². The molecule has 1 heterocycles. The Labute approximate surface area is 179 Å². The molecule has 0 saturated carbocycles. The summed E-state index contributed by atoms with van der Waals surface area (Å²) < 4.78 is 50.8. The Morgan fingerprint density at radius 3 is 2.70 bits per heavy atom. The second-order valence-electron chi connectivity index (χ2n) is 7.42. The molecular weight excluding hydrogens is 435 g/mol. The summed E-state index contributed by atoms with van der Waals surface area (Å²) in [5.41, 5.74) is -0.905. The smallest absolute Gasteiger partial charge is 0.332 e. The highest BCUT2D eigenvalue weighted by atomic mass is 35.5. The first-order chi connectivity index (χ1) is 14.1. The van der Waals surface area contributed by atoms with Gasteiger partial charge in [-0.15, -0.1) is 4.48 Å². The molecule has 0 saturated heterocycles. The Balaban J connectivity index is 1.60. The van der Waals surface area contributed by atoms with E-state index in [9.17, 15) is 17.7 Å². The number of benzene rings is 2. The van der Waals surface area contributed by atoms with Gasteiger partial charge in [-0.25, -0.2) is 4.72 Å². The van der Waals surface area contributed by atoms with E-state index in [2.05, 4.69) is 0 Å². The van der Waals surface area contributed by atoms with Gasteiger partial charge in [0.15, 0.2) is 5.50 Å². The van der Waals surface area contributed by atoms with Crippen molar-refractivity contribution < 1.29 is 27.2 Å². The number of rotatable bonds is 7. The summed E-state index contributed by atoms with van der Waals surface area (Å²) in [4.78, 5) is 12.0. The van der Waals surface area contributed by atoms with Crippen LogP contribution in [0.4, 0.5) is 4.48 Å². The molecule has 0 spiro atoms. The first-order valence-electron chi connectivity index (χ1n) is 9.23. The molecule has 2 aromatic rings. The largest absolute Gasteiger partial charge is 0.490 e. The molecule has 0 aromatic heterocycles. The summed E-state index contributed by atoms with van der Waals surface area (Å²) in [6.45, 7) is 3.47. The van der Waals surface area contributed by atoms with E-state index in [-0.39, 0.29) is 11.2 Å². The van der Waals surface area contributed by atoms with Gasteiger partial charge in [0.05, 0.1) is 0 Å². The second-order valence-corrected chi connectivity index (χ2v) is 9.43. The molecule has 3 rings (SSSR count). The van der Waals surface area contributed by atoms with Crippen LogP contribution in [-0.2, 0) is 16.6 Å². The minimum atomic E-state index is -4.81. The summed E-state index contributed by atoms with van der Waals surface area (Å²) in [6, 6.07) is 12.7. The zero-order valence-corrected chi connectivity index (χ0v) is 18.0. The monoisotopic (exact) mass is 456 g/mol. The molecule has 2 aromatic carbocycles. The number of ether oxygens (including phenoxy) is 2. The maximum absolute atomic E-state index is 14.3. The van der Waals surface area contributed by atoms with E-state index in [4.69, 9.17) is 21.1 Å². The topological polar surface area (TPSA) is 84.9 Å². The molecule has 1 aliphatic heterocycles. The van der Waals surface area contributed by atoms with Crippen LogP contribution in [0, 0.1) is 0 Å². The van der Waals surface area contributed by atoms with Crippen molar-refractivity contribution in [2.45, 2.75) is 37.8 Å². The van der Waals surface area contributed by atoms with Gasteiger partial charge in [0.25, 0.3) is 5.91 Å². The van der Waals surface area contributed by atoms with Crippen molar-refractivity contribution >= 4 is 27.7 Å². The molecule has 10 heteroatoms. The van der Waals surface area contributed by atoms with Gasteiger partial charge in [-0.1, -0.05) is 35.9 Å². The van der Waals surface area contributed by atoms with Crippen LogP contribution in [0.5, 0.6) is 11.5 Å². The van der Waals surface area contributed by atoms with E-state index in [1.54, 1.807) is 35.1 Å². The average molecular weight is 457 g/mol. The van der Waals surface area contributed by atoms with Gasteiger partial charge in [-0.2, -0.15) is 8.42 Å². The molecule has 0 bridgehead atoms. The Morgan fingerprint density at radius 2 is 2.00 bits per heavy atom. The summed E-state index contributed by atoms with van der Waals surface area (Å²) in [6.07, 6.45) is 1.74. The molecule has 1 atom stereocenters. The first kappa shape index (κ1) is 22.3. The highest BCUT2D eigenvalue weighted by Crippen LogP contribution is 2.35. The Hall–Kier alpha value is -2.36. The highest BCUT2D eigenvalue weighted by molar-refractivity contribution is 7.87. The van der Waals surface area contributed by atoms with Crippen LogP contribution in [0.15, 0.2) is 48.5 Å². The van der Waals surface area contributed by atoms with Gasteiger partial charge >= 0.3 is 10.2 Å². The fourth-order valence-electron chi connectivity index (χ4n) is 2.89. The van der Waals surface area contributed by atoms with Crippen LogP contribution in [0.1, 0.15) is 36.2 Å². The van der Waals surface area contributed by atoms with Crippen LogP contribution in [0.25, 0.3) is 0 Å². The molecular formula is C20H22ClFN2O5S. The number of nitrogens with one attached hydrogen (secondary N) is 1. The zero-order valence-electron chi connectivity index (χ0n) is 16.5. The lowest BCUT2D eigenvalue weighted by atomic mass is 9.94. The number of aryl methyl sites for hydroxylation is 1. The molecule has 0 aliphatic carbocycles. The van der Waals surface area contributed by atoms with Gasteiger partial charge < -0.3 is 9.47 Å². The van der Waals surface area contributed by atoms with Crippen molar-refractivity contribution in [1.29, 1.82) is 0 Å². The van der Waals surface area contributed by atoms with E-state index in [1.165, 1.54) is 12.1 Å². The first-order valence-corrected chi connectivity index (χ1v) is 11.1. The van der Waals surface area contributed by atoms with E-state index >= 15 is 0 Å². The van der Waals surface area contributed by atoms with Crippen LogP contribution < -0.4 is 14.2 Å². The zero-order chi connectivity index (χ0) is 21.9. The number of hydrogen-bond donors (Lipinski definition) is 1. The van der Waals surface area contributed by atoms with Crippen LogP contribution >= 0.6 is 11.6 Å². The number of fused-ring (bicyclic) bond motifs is 1. The Morgan fingerprint density at radius 1 is 1.30 bits per heavy atom. The van der Waals surface area contributed by atoms with Crippen LogP contribution in [0.3, 0.4) is 0 Å². The molecule has 1 aliphatic rings. The van der Waals surface area contributed by atoms with Crippen molar-refractivity contribution in [3.63, 3.8) is 0 Å². The minimum absolute atomic E-state index is 0.0637. The van der Waals surface area contributed by atoms with Crippen molar-refractivity contribution in [3.05, 3.63) is 59.7 Å². The van der Waals surface area contributed by atoms with Crippen LogP contribution in [0.2, 0.25) is 0 Å². The SMILES string of the molecule is CC1(C)CCc2ccc(OCC(Cl)N(F)S(=O)(=O)NC(=O)c3ccccc3)cc2O1. The molecule has 0 fully saturated rings. The average Bonchev–Trinajstić information content (AvgIpc) is 2.70. The third-order valence-corrected chi connectivity index (χ3v) is 6.09. The predicted octanol–water partition coefficient (Wildman–Crippen LogP) is 3.60. The predicted molar refractivity (Wildman–Crippen MR) is 110 cm³/mol. The van der Waals surface area contributed by atoms with Crippen molar-refractivity contribution in [3.8, 4) is 11.5 Å².